The lowest BCUT2D eigenvalue weighted by Gasteiger charge is -2.41. The molecule has 4 N–H and O–H groups in total. The topological polar surface area (TPSA) is 146 Å². The van der Waals surface area contributed by atoms with Crippen LogP contribution in [0.4, 0.5) is 0 Å². The second-order valence-electron chi connectivity index (χ2n) is 9.90. The summed E-state index contributed by atoms with van der Waals surface area (Å²) in [6, 6.07) is 0. The Hall–Kier alpha value is -0.370. The summed E-state index contributed by atoms with van der Waals surface area (Å²) in [7, 11) is -4.27. The molecule has 1 rings (SSSR count). The van der Waals surface area contributed by atoms with E-state index in [0.717, 1.165) is 42.8 Å². The summed E-state index contributed by atoms with van der Waals surface area (Å²) >= 11 is 0. The van der Waals surface area contributed by atoms with E-state index in [0.29, 0.717) is 13.2 Å². The van der Waals surface area contributed by atoms with Gasteiger partial charge in [0.2, 0.25) is 15.5 Å². The van der Waals surface area contributed by atoms with Gasteiger partial charge in [-0.2, -0.15) is 4.31 Å². The molecule has 1 saturated heterocycles. The Morgan fingerprint density at radius 3 is 1.59 bits per heavy atom. The third-order valence-electron chi connectivity index (χ3n) is 6.76. The monoisotopic (exact) mass is 555 g/mol. The van der Waals surface area contributed by atoms with E-state index in [1.165, 1.54) is 38.5 Å². The molecule has 0 radical (unpaired) electrons. The molecule has 0 spiro atoms. The van der Waals surface area contributed by atoms with Crippen LogP contribution in [0.15, 0.2) is 0 Å². The molecule has 1 heterocycles. The van der Waals surface area contributed by atoms with Crippen molar-refractivity contribution in [2.75, 3.05) is 46.1 Å². The van der Waals surface area contributed by atoms with E-state index < -0.39 is 46.5 Å². The summed E-state index contributed by atoms with van der Waals surface area (Å²) in [5.41, 5.74) is -1.82. The Balaban J connectivity index is 2.62. The highest BCUT2D eigenvalue weighted by Crippen LogP contribution is 2.26. The molecule has 0 unspecified atom stereocenters. The zero-order valence-corrected chi connectivity index (χ0v) is 23.8. The average Bonchev–Trinajstić information content (AvgIpc) is 2.88. The van der Waals surface area contributed by atoms with Crippen molar-refractivity contribution in [1.29, 1.82) is 0 Å². The Labute approximate surface area is 224 Å². The number of sulfonamides is 1. The van der Waals surface area contributed by atoms with Gasteiger partial charge < -0.3 is 34.6 Å². The molecule has 0 aromatic carbocycles. The molecule has 1 fully saturated rings. The molecule has 222 valence electrons. The Kier molecular flexibility index (Phi) is 19.2. The largest absolute Gasteiger partial charge is 0.394 e. The lowest BCUT2D eigenvalue weighted by atomic mass is 10.0. The molecule has 0 bridgehead atoms. The van der Waals surface area contributed by atoms with Crippen molar-refractivity contribution in [3.8, 4) is 0 Å². The maximum absolute atomic E-state index is 13.4. The van der Waals surface area contributed by atoms with Crippen LogP contribution in [0.2, 0.25) is 0 Å². The van der Waals surface area contributed by atoms with Gasteiger partial charge in [-0.05, 0) is 12.8 Å². The van der Waals surface area contributed by atoms with Crippen LogP contribution in [0, 0.1) is 0 Å². The number of aliphatic hydroxyl groups excluding tert-OH is 4. The third-order valence-corrected chi connectivity index (χ3v) is 8.82. The van der Waals surface area contributed by atoms with Gasteiger partial charge in [-0.15, -0.1) is 0 Å². The number of hydrogen-bond acceptors (Lipinski definition) is 9. The highest BCUT2D eigenvalue weighted by atomic mass is 32.2. The molecule has 37 heavy (non-hydrogen) atoms. The fourth-order valence-electron chi connectivity index (χ4n) is 4.33. The molecule has 0 aromatic rings. The average molecular weight is 556 g/mol. The number of ether oxygens (including phenoxy) is 3. The predicted molar refractivity (Wildman–Crippen MR) is 143 cm³/mol. The Morgan fingerprint density at radius 2 is 1.14 bits per heavy atom. The van der Waals surface area contributed by atoms with Crippen molar-refractivity contribution < 1.29 is 43.1 Å². The number of nitrogens with zero attached hydrogens (tertiary/aromatic N) is 1. The standard InChI is InChI=1S/C26H53NO9S/c1-3-5-7-9-11-13-17-34-19-15-27(16-20-35-18-14-12-10-8-6-4-2)37(32,33)26-25(31)24(30)23(29)22(21-28)36-26/h22-26,28-31H,3-21H2,1-2H3/t22-,23-,24+,25-,26+/m1/s1. The van der Waals surface area contributed by atoms with E-state index in [4.69, 9.17) is 14.2 Å². The fraction of sp³-hybridized carbons (Fsp3) is 1.00. The number of rotatable bonds is 23. The van der Waals surface area contributed by atoms with Gasteiger partial charge in [0.1, 0.15) is 24.4 Å². The van der Waals surface area contributed by atoms with E-state index in [1.807, 2.05) is 0 Å². The zero-order valence-electron chi connectivity index (χ0n) is 23.0. The quantitative estimate of drug-likeness (QED) is 0.139. The van der Waals surface area contributed by atoms with E-state index in [2.05, 4.69) is 13.8 Å². The van der Waals surface area contributed by atoms with Gasteiger partial charge in [0.15, 0.2) is 0 Å². The first-order valence-electron chi connectivity index (χ1n) is 14.3. The second-order valence-corrected chi connectivity index (χ2v) is 11.9. The van der Waals surface area contributed by atoms with E-state index in [1.54, 1.807) is 0 Å². The summed E-state index contributed by atoms with van der Waals surface area (Å²) in [5.74, 6) is 0. The van der Waals surface area contributed by atoms with Gasteiger partial charge >= 0.3 is 0 Å². The van der Waals surface area contributed by atoms with Gasteiger partial charge in [-0.25, -0.2) is 8.42 Å². The Morgan fingerprint density at radius 1 is 0.676 bits per heavy atom. The van der Waals surface area contributed by atoms with Crippen LogP contribution in [0.25, 0.3) is 0 Å². The molecule has 10 nitrogen and oxygen atoms in total. The second kappa shape index (κ2) is 20.5. The minimum absolute atomic E-state index is 0.0353. The first-order valence-corrected chi connectivity index (χ1v) is 15.8. The molecule has 0 aromatic heterocycles. The van der Waals surface area contributed by atoms with Crippen molar-refractivity contribution >= 4 is 10.0 Å². The molecule has 1 aliphatic heterocycles. The minimum atomic E-state index is -4.27. The van der Waals surface area contributed by atoms with Crippen LogP contribution in [-0.4, -0.2) is 109 Å². The molecule has 11 heteroatoms. The number of unbranched alkanes of at least 4 members (excludes halogenated alkanes) is 10. The molecule has 0 saturated carbocycles. The number of hydrogen-bond donors (Lipinski definition) is 4. The Bertz CT molecular complexity index is 628. The van der Waals surface area contributed by atoms with Crippen molar-refractivity contribution in [2.45, 2.75) is 121 Å². The molecule has 0 aliphatic carbocycles. The highest BCUT2D eigenvalue weighted by molar-refractivity contribution is 7.89. The molecular formula is C26H53NO9S. The normalized spacial score (nSPS) is 24.7. The van der Waals surface area contributed by atoms with Gasteiger partial charge in [-0.1, -0.05) is 78.1 Å². The van der Waals surface area contributed by atoms with Crippen LogP contribution < -0.4 is 0 Å². The first-order chi connectivity index (χ1) is 17.8. The smallest absolute Gasteiger partial charge is 0.244 e. The fourth-order valence-corrected chi connectivity index (χ4v) is 6.08. The van der Waals surface area contributed by atoms with Gasteiger partial charge in [-0.3, -0.25) is 0 Å². The van der Waals surface area contributed by atoms with Crippen molar-refractivity contribution in [1.82, 2.24) is 4.31 Å². The van der Waals surface area contributed by atoms with Crippen LogP contribution in [0.1, 0.15) is 90.9 Å². The minimum Gasteiger partial charge on any atom is -0.394 e. The predicted octanol–water partition coefficient (Wildman–Crippen LogP) is 2.17. The van der Waals surface area contributed by atoms with Crippen molar-refractivity contribution in [3.05, 3.63) is 0 Å². The number of aliphatic hydroxyl groups is 4. The summed E-state index contributed by atoms with van der Waals surface area (Å²) in [4.78, 5) is 0. The van der Waals surface area contributed by atoms with E-state index >= 15 is 0 Å². The van der Waals surface area contributed by atoms with Crippen LogP contribution in [-0.2, 0) is 24.2 Å². The molecule has 1 aliphatic rings. The SMILES string of the molecule is CCCCCCCCOCCN(CCOCCCCCCCC)S(=O)(=O)[C@@H]1O[C@H](CO)[C@@H](O)[C@H](O)[C@H]1O. The molecule has 0 amide bonds. The van der Waals surface area contributed by atoms with Crippen LogP contribution in [0.3, 0.4) is 0 Å². The summed E-state index contributed by atoms with van der Waals surface area (Å²) < 4.78 is 44.6. The van der Waals surface area contributed by atoms with E-state index in [-0.39, 0.29) is 26.3 Å². The molecule has 5 atom stereocenters. The zero-order chi connectivity index (χ0) is 27.5. The summed E-state index contributed by atoms with van der Waals surface area (Å²) in [5, 5.41) is 39.9. The van der Waals surface area contributed by atoms with Gasteiger partial charge in [0.05, 0.1) is 19.8 Å². The molecular weight excluding hydrogens is 502 g/mol. The van der Waals surface area contributed by atoms with Gasteiger partial charge in [0, 0.05) is 26.3 Å². The van der Waals surface area contributed by atoms with Crippen LogP contribution >= 0.6 is 0 Å². The maximum atomic E-state index is 13.4. The lowest BCUT2D eigenvalue weighted by molar-refractivity contribution is -0.208. The van der Waals surface area contributed by atoms with Crippen LogP contribution in [0.5, 0.6) is 0 Å². The third kappa shape index (κ3) is 13.0. The van der Waals surface area contributed by atoms with Gasteiger partial charge in [0.25, 0.3) is 0 Å². The summed E-state index contributed by atoms with van der Waals surface area (Å²) in [6.07, 6.45) is 6.98. The maximum Gasteiger partial charge on any atom is 0.244 e. The van der Waals surface area contributed by atoms with Crippen molar-refractivity contribution in [2.24, 2.45) is 0 Å². The van der Waals surface area contributed by atoms with E-state index in [9.17, 15) is 28.8 Å². The highest BCUT2D eigenvalue weighted by Gasteiger charge is 2.50. The summed E-state index contributed by atoms with van der Waals surface area (Å²) in [6.45, 7) is 5.13. The first kappa shape index (κ1) is 34.7. The lowest BCUT2D eigenvalue weighted by Crippen LogP contribution is -2.62. The van der Waals surface area contributed by atoms with Crippen molar-refractivity contribution in [3.63, 3.8) is 0 Å².